The van der Waals surface area contributed by atoms with Crippen LogP contribution in [0.3, 0.4) is 0 Å². The number of aliphatic carboxylic acids is 1. The van der Waals surface area contributed by atoms with E-state index in [1.807, 2.05) is 20.8 Å². The third kappa shape index (κ3) is 15.8. The Balaban J connectivity index is 6.13. The fraction of sp³-hybridized carbons (Fsp3) is 0.781. The van der Waals surface area contributed by atoms with E-state index in [1.165, 1.54) is 27.7 Å². The lowest BCUT2D eigenvalue weighted by molar-refractivity contribution is -0.147. The van der Waals surface area contributed by atoms with Gasteiger partial charge in [0.2, 0.25) is 23.6 Å². The summed E-state index contributed by atoms with van der Waals surface area (Å²) in [5, 5.41) is 61.2. The van der Waals surface area contributed by atoms with Crippen LogP contribution in [-0.2, 0) is 28.8 Å². The van der Waals surface area contributed by atoms with Crippen LogP contribution in [0.4, 0.5) is 0 Å². The van der Waals surface area contributed by atoms with Crippen LogP contribution in [0, 0.1) is 29.6 Å². The van der Waals surface area contributed by atoms with Crippen molar-refractivity contribution in [2.75, 3.05) is 6.54 Å². The molecule has 19 nitrogen and oxygen atoms in total. The largest absolute Gasteiger partial charge is 0.480 e. The van der Waals surface area contributed by atoms with Crippen LogP contribution < -0.4 is 38.5 Å². The molecule has 0 fully saturated rings. The molecular formula is C32H60N8O11. The van der Waals surface area contributed by atoms with Gasteiger partial charge in [-0.25, -0.2) is 4.79 Å². The van der Waals surface area contributed by atoms with E-state index in [9.17, 15) is 54.3 Å². The van der Waals surface area contributed by atoms with Crippen molar-refractivity contribution in [1.82, 2.24) is 21.3 Å². The van der Waals surface area contributed by atoms with E-state index in [0.717, 1.165) is 6.92 Å². The smallest absolute Gasteiger partial charge is 0.328 e. The fourth-order valence-corrected chi connectivity index (χ4v) is 5.33. The maximum absolute atomic E-state index is 13.3. The molecule has 0 unspecified atom stereocenters. The second-order valence-corrected chi connectivity index (χ2v) is 13.7. The molecule has 5 amide bonds. The summed E-state index contributed by atoms with van der Waals surface area (Å²) in [6.45, 7) is 12.5. The number of nitrogens with zero attached hydrogens (tertiary/aromatic N) is 1. The van der Waals surface area contributed by atoms with E-state index in [1.54, 1.807) is 0 Å². The number of aliphatic hydroxyl groups excluding tert-OH is 4. The van der Waals surface area contributed by atoms with Gasteiger partial charge in [0, 0.05) is 12.5 Å². The number of aliphatic hydroxyl groups is 4. The number of amides is 5. The number of hydrogen-bond donors (Lipinski definition) is 12. The predicted molar refractivity (Wildman–Crippen MR) is 186 cm³/mol. The lowest BCUT2D eigenvalue weighted by Crippen LogP contribution is -2.61. The summed E-state index contributed by atoms with van der Waals surface area (Å²) in [5.74, 6) is -9.47. The van der Waals surface area contributed by atoms with E-state index in [4.69, 9.17) is 17.2 Å². The molecule has 51 heavy (non-hydrogen) atoms. The molecule has 0 rings (SSSR count). The Morgan fingerprint density at radius 3 is 1.69 bits per heavy atom. The zero-order valence-corrected chi connectivity index (χ0v) is 30.7. The van der Waals surface area contributed by atoms with Crippen molar-refractivity contribution < 1.29 is 54.3 Å². The second-order valence-electron chi connectivity index (χ2n) is 13.7. The molecule has 0 bridgehead atoms. The number of carbonyl (C=O) groups excluding carboxylic acids is 5. The summed E-state index contributed by atoms with van der Waals surface area (Å²) >= 11 is 0. The molecule has 15 N–H and O–H groups in total. The Labute approximate surface area is 298 Å². The van der Waals surface area contributed by atoms with Gasteiger partial charge in [-0.05, 0) is 50.9 Å². The number of nitrogens with two attached hydrogens (primary N) is 3. The molecule has 0 aliphatic carbocycles. The summed E-state index contributed by atoms with van der Waals surface area (Å²) in [4.78, 5) is 79.8. The van der Waals surface area contributed by atoms with Crippen LogP contribution in [0.15, 0.2) is 4.99 Å². The van der Waals surface area contributed by atoms with E-state index in [2.05, 4.69) is 26.3 Å². The van der Waals surface area contributed by atoms with Gasteiger partial charge >= 0.3 is 5.97 Å². The van der Waals surface area contributed by atoms with Gasteiger partial charge in [-0.3, -0.25) is 29.0 Å². The second kappa shape index (κ2) is 22.0. The Morgan fingerprint density at radius 1 is 0.667 bits per heavy atom. The van der Waals surface area contributed by atoms with Crippen LogP contribution in [0.5, 0.6) is 0 Å². The molecule has 0 aliphatic rings. The molecule has 0 radical (unpaired) electrons. The third-order valence-corrected chi connectivity index (χ3v) is 8.79. The molecule has 0 aliphatic heterocycles. The number of primary amides is 1. The van der Waals surface area contributed by atoms with Gasteiger partial charge in [-0.2, -0.15) is 0 Å². The summed E-state index contributed by atoms with van der Waals surface area (Å²) in [5.41, 5.74) is 16.1. The van der Waals surface area contributed by atoms with Crippen molar-refractivity contribution in [2.45, 2.75) is 123 Å². The van der Waals surface area contributed by atoms with Crippen LogP contribution >= 0.6 is 0 Å². The van der Waals surface area contributed by atoms with Crippen LogP contribution in [0.2, 0.25) is 0 Å². The number of carboxylic acid groups (broad SMARTS) is 1. The molecule has 0 aromatic rings. The minimum absolute atomic E-state index is 0.0404. The number of aliphatic imine (C=N–C) groups is 1. The molecule has 0 aromatic carbocycles. The van der Waals surface area contributed by atoms with Crippen molar-refractivity contribution in [3.05, 3.63) is 0 Å². The van der Waals surface area contributed by atoms with E-state index in [0.29, 0.717) is 6.42 Å². The molecular weight excluding hydrogens is 672 g/mol. The molecule has 19 heteroatoms. The summed E-state index contributed by atoms with van der Waals surface area (Å²) < 4.78 is 0. The standard InChI is InChI=1S/C32H60N8O11/c1-13(2)12-14(3)23(42)17(6)27(46)37-18(7)28(47)38-20(10-9-11-36-32(34)35)24(43)25(44)30(49)39-21(15(4)16(5)26(33)45)29(48)40-22(19(8)41)31(50)51/h13-25,41-44H,9-12H2,1-8H3,(H2,33,45)(H,37,46)(H,38,47)(H,39,49)(H,40,48)(H,50,51)(H4,34,35,36)/t14-,15+,16-,17-,18-,19-,20+,21+,22-,23-,24-,25-/m1/s1. The Hall–Kier alpha value is -4.07. The number of nitrogens with one attached hydrogen (secondary N) is 4. The summed E-state index contributed by atoms with van der Waals surface area (Å²) in [7, 11) is 0. The fourth-order valence-electron chi connectivity index (χ4n) is 5.33. The molecule has 0 spiro atoms. The maximum atomic E-state index is 13.3. The number of guanidine groups is 1. The third-order valence-electron chi connectivity index (χ3n) is 8.79. The van der Waals surface area contributed by atoms with Crippen molar-refractivity contribution in [3.63, 3.8) is 0 Å². The van der Waals surface area contributed by atoms with Crippen LogP contribution in [-0.4, -0.2) is 122 Å². The molecule has 0 saturated carbocycles. The monoisotopic (exact) mass is 732 g/mol. The first-order valence-corrected chi connectivity index (χ1v) is 17.0. The zero-order chi connectivity index (χ0) is 39.9. The van der Waals surface area contributed by atoms with Gasteiger partial charge in [0.25, 0.3) is 5.91 Å². The van der Waals surface area contributed by atoms with Gasteiger partial charge < -0.3 is 64.0 Å². The minimum atomic E-state index is -2.31. The lowest BCUT2D eigenvalue weighted by atomic mass is 9.87. The quantitative estimate of drug-likeness (QED) is 0.0278. The first-order valence-electron chi connectivity index (χ1n) is 17.0. The van der Waals surface area contributed by atoms with Crippen molar-refractivity contribution >= 4 is 41.5 Å². The number of carbonyl (C=O) groups is 6. The maximum Gasteiger partial charge on any atom is 0.328 e. The molecule has 0 heterocycles. The number of carboxylic acids is 1. The van der Waals surface area contributed by atoms with Crippen LogP contribution in [0.1, 0.15) is 74.7 Å². The Bertz CT molecular complexity index is 1210. The predicted octanol–water partition coefficient (Wildman–Crippen LogP) is -3.38. The Kier molecular flexibility index (Phi) is 20.2. The summed E-state index contributed by atoms with van der Waals surface area (Å²) in [6, 6.07) is -6.02. The van der Waals surface area contributed by atoms with Gasteiger partial charge in [0.1, 0.15) is 18.2 Å². The number of rotatable bonds is 23. The van der Waals surface area contributed by atoms with Gasteiger partial charge in [0.05, 0.1) is 24.2 Å². The van der Waals surface area contributed by atoms with E-state index in [-0.39, 0.29) is 37.2 Å². The Morgan fingerprint density at radius 2 is 1.22 bits per heavy atom. The van der Waals surface area contributed by atoms with E-state index >= 15 is 0 Å². The molecule has 0 aromatic heterocycles. The van der Waals surface area contributed by atoms with Gasteiger partial charge in [-0.1, -0.05) is 41.5 Å². The van der Waals surface area contributed by atoms with Crippen molar-refractivity contribution in [1.29, 1.82) is 0 Å². The molecule has 0 saturated heterocycles. The highest BCUT2D eigenvalue weighted by Gasteiger charge is 2.40. The summed E-state index contributed by atoms with van der Waals surface area (Å²) in [6.07, 6.45) is -6.16. The van der Waals surface area contributed by atoms with E-state index < -0.39 is 102 Å². The van der Waals surface area contributed by atoms with Crippen molar-refractivity contribution in [2.24, 2.45) is 51.8 Å². The molecule has 294 valence electrons. The highest BCUT2D eigenvalue weighted by molar-refractivity contribution is 5.93. The van der Waals surface area contributed by atoms with Gasteiger partial charge in [0.15, 0.2) is 18.1 Å². The minimum Gasteiger partial charge on any atom is -0.480 e. The highest BCUT2D eigenvalue weighted by Crippen LogP contribution is 2.21. The highest BCUT2D eigenvalue weighted by atomic mass is 16.4. The average molecular weight is 733 g/mol. The lowest BCUT2D eigenvalue weighted by Gasteiger charge is -2.32. The first-order chi connectivity index (χ1) is 23.4. The van der Waals surface area contributed by atoms with Crippen molar-refractivity contribution in [3.8, 4) is 0 Å². The SMILES string of the molecule is CC(C)C[C@@H](C)[C@@H](O)[C@@H](C)C(=O)N[C@H](C)C(=O)N[C@@H](CCCN=C(N)N)[C@@H](O)[C@@H](O)C(=O)N[C@H](C(=O)N[C@@H](C(=O)O)[C@@H](C)O)[C@@H](C)[C@@H](C)C(N)=O. The molecule has 12 atom stereocenters. The number of hydrogen-bond acceptors (Lipinski definition) is 11. The first kappa shape index (κ1) is 46.9. The zero-order valence-electron chi connectivity index (χ0n) is 30.7. The average Bonchev–Trinajstić information content (AvgIpc) is 3.03. The normalized spacial score (nSPS) is 18.5. The topological polar surface area (TPSA) is 342 Å². The van der Waals surface area contributed by atoms with Crippen LogP contribution in [0.25, 0.3) is 0 Å². The van der Waals surface area contributed by atoms with Gasteiger partial charge in [-0.15, -0.1) is 0 Å².